The molecule has 1 aromatic rings. The van der Waals surface area contributed by atoms with Crippen LogP contribution in [-0.4, -0.2) is 23.0 Å². The molecule has 0 spiro atoms. The minimum Gasteiger partial charge on any atom is -0.381 e. The Labute approximate surface area is 108 Å². The lowest BCUT2D eigenvalue weighted by Crippen LogP contribution is -2.14. The fourth-order valence-electron chi connectivity index (χ4n) is 2.55. The summed E-state index contributed by atoms with van der Waals surface area (Å²) in [4.78, 5) is 0. The molecular weight excluding hydrogens is 236 g/mol. The summed E-state index contributed by atoms with van der Waals surface area (Å²) in [5.41, 5.74) is 3.72. The van der Waals surface area contributed by atoms with Crippen LogP contribution in [-0.2, 0) is 30.0 Å². The second kappa shape index (κ2) is 5.87. The summed E-state index contributed by atoms with van der Waals surface area (Å²) in [6.07, 6.45) is 3.12. The van der Waals surface area contributed by atoms with Crippen LogP contribution in [0.1, 0.15) is 37.2 Å². The van der Waals surface area contributed by atoms with Crippen molar-refractivity contribution in [1.82, 2.24) is 9.78 Å². The lowest BCUT2D eigenvalue weighted by molar-refractivity contribution is 0.181. The van der Waals surface area contributed by atoms with Gasteiger partial charge in [0.05, 0.1) is 18.2 Å². The molecule has 1 aliphatic heterocycles. The topological polar surface area (TPSA) is 27.1 Å². The first-order chi connectivity index (χ1) is 8.30. The van der Waals surface area contributed by atoms with Crippen molar-refractivity contribution >= 4 is 11.6 Å². The molecule has 0 saturated carbocycles. The van der Waals surface area contributed by atoms with E-state index >= 15 is 0 Å². The van der Waals surface area contributed by atoms with Gasteiger partial charge in [0, 0.05) is 30.3 Å². The molecule has 3 nitrogen and oxygen atoms in total. The van der Waals surface area contributed by atoms with Crippen LogP contribution in [0.5, 0.6) is 0 Å². The van der Waals surface area contributed by atoms with Gasteiger partial charge in [-0.05, 0) is 19.3 Å². The van der Waals surface area contributed by atoms with Gasteiger partial charge >= 0.3 is 0 Å². The van der Waals surface area contributed by atoms with Crippen LogP contribution in [0.3, 0.4) is 0 Å². The maximum atomic E-state index is 6.05. The molecule has 2 rings (SSSR count). The van der Waals surface area contributed by atoms with Crippen LogP contribution in [0, 0.1) is 5.92 Å². The minimum absolute atomic E-state index is 0.577. The minimum atomic E-state index is 0.577. The quantitative estimate of drug-likeness (QED) is 0.758. The zero-order valence-electron chi connectivity index (χ0n) is 10.7. The van der Waals surface area contributed by atoms with Gasteiger partial charge in [0.2, 0.25) is 0 Å². The number of aryl methyl sites for hydroxylation is 1. The first-order valence-corrected chi connectivity index (χ1v) is 7.04. The van der Waals surface area contributed by atoms with E-state index in [1.807, 2.05) is 0 Å². The Kier molecular flexibility index (Phi) is 4.46. The fourth-order valence-corrected chi connectivity index (χ4v) is 2.85. The van der Waals surface area contributed by atoms with Crippen molar-refractivity contribution < 1.29 is 4.74 Å². The third kappa shape index (κ3) is 2.66. The molecule has 1 aromatic heterocycles. The maximum Gasteiger partial charge on any atom is 0.0668 e. The van der Waals surface area contributed by atoms with Crippen LogP contribution < -0.4 is 0 Å². The number of alkyl halides is 1. The van der Waals surface area contributed by atoms with Gasteiger partial charge in [-0.25, -0.2) is 0 Å². The zero-order valence-corrected chi connectivity index (χ0v) is 11.5. The van der Waals surface area contributed by atoms with Crippen LogP contribution in [0.25, 0.3) is 0 Å². The zero-order chi connectivity index (χ0) is 12.3. The predicted octanol–water partition coefficient (Wildman–Crippen LogP) is 2.78. The summed E-state index contributed by atoms with van der Waals surface area (Å²) in [5.74, 6) is 1.20. The van der Waals surface area contributed by atoms with E-state index in [-0.39, 0.29) is 0 Å². The molecule has 1 fully saturated rings. The Balaban J connectivity index is 2.22. The van der Waals surface area contributed by atoms with Gasteiger partial charge in [-0.15, -0.1) is 11.6 Å². The molecule has 1 saturated heterocycles. The molecule has 2 heterocycles. The van der Waals surface area contributed by atoms with Crippen LogP contribution in [0.15, 0.2) is 0 Å². The van der Waals surface area contributed by atoms with Crippen molar-refractivity contribution in [1.29, 1.82) is 0 Å². The lowest BCUT2D eigenvalue weighted by atomic mass is 10.1. The smallest absolute Gasteiger partial charge is 0.0668 e. The van der Waals surface area contributed by atoms with E-state index in [1.165, 1.54) is 11.3 Å². The first-order valence-electron chi connectivity index (χ1n) is 6.51. The SMILES string of the molecule is CCc1nn(CC2CCOC2)c(CC)c1CCl. The standard InChI is InChI=1S/C13H21ClN2O/c1-3-12-11(7-14)13(4-2)16(15-12)8-10-5-6-17-9-10/h10H,3-9H2,1-2H3. The molecule has 1 atom stereocenters. The number of ether oxygens (including phenoxy) is 1. The summed E-state index contributed by atoms with van der Waals surface area (Å²) >= 11 is 6.05. The van der Waals surface area contributed by atoms with Crippen LogP contribution >= 0.6 is 11.6 Å². The third-order valence-electron chi connectivity index (χ3n) is 3.51. The molecule has 96 valence electrons. The van der Waals surface area contributed by atoms with Gasteiger partial charge in [0.15, 0.2) is 0 Å². The van der Waals surface area contributed by atoms with Crippen molar-refractivity contribution in [2.24, 2.45) is 5.92 Å². The third-order valence-corrected chi connectivity index (χ3v) is 3.78. The number of hydrogen-bond donors (Lipinski definition) is 0. The first kappa shape index (κ1) is 12.9. The van der Waals surface area contributed by atoms with Gasteiger partial charge in [0.1, 0.15) is 0 Å². The Morgan fingerprint density at radius 3 is 2.76 bits per heavy atom. The number of rotatable bonds is 5. The summed E-state index contributed by atoms with van der Waals surface area (Å²) in [5, 5.41) is 4.71. The number of hydrogen-bond acceptors (Lipinski definition) is 2. The molecule has 4 heteroatoms. The Morgan fingerprint density at radius 2 is 2.24 bits per heavy atom. The lowest BCUT2D eigenvalue weighted by Gasteiger charge is -2.11. The second-order valence-corrected chi connectivity index (χ2v) is 4.89. The van der Waals surface area contributed by atoms with Crippen molar-refractivity contribution in [3.63, 3.8) is 0 Å². The van der Waals surface area contributed by atoms with Crippen molar-refractivity contribution in [3.05, 3.63) is 17.0 Å². The predicted molar refractivity (Wildman–Crippen MR) is 69.5 cm³/mol. The van der Waals surface area contributed by atoms with E-state index in [1.54, 1.807) is 0 Å². The number of nitrogens with zero attached hydrogens (tertiary/aromatic N) is 2. The summed E-state index contributed by atoms with van der Waals surface area (Å²) < 4.78 is 7.59. The Bertz CT molecular complexity index is 370. The van der Waals surface area contributed by atoms with E-state index < -0.39 is 0 Å². The van der Waals surface area contributed by atoms with E-state index in [4.69, 9.17) is 21.4 Å². The average Bonchev–Trinajstić information content (AvgIpc) is 2.96. The molecule has 1 unspecified atom stereocenters. The van der Waals surface area contributed by atoms with Gasteiger partial charge in [-0.1, -0.05) is 13.8 Å². The van der Waals surface area contributed by atoms with Crippen molar-refractivity contribution in [2.75, 3.05) is 13.2 Å². The van der Waals surface area contributed by atoms with Crippen molar-refractivity contribution in [2.45, 2.75) is 45.5 Å². The second-order valence-electron chi connectivity index (χ2n) is 4.62. The van der Waals surface area contributed by atoms with Gasteiger partial charge in [-0.3, -0.25) is 4.68 Å². The highest BCUT2D eigenvalue weighted by atomic mass is 35.5. The van der Waals surface area contributed by atoms with Gasteiger partial charge in [0.25, 0.3) is 0 Å². The average molecular weight is 257 g/mol. The Morgan fingerprint density at radius 1 is 1.41 bits per heavy atom. The molecule has 0 aromatic carbocycles. The monoisotopic (exact) mass is 256 g/mol. The molecule has 0 radical (unpaired) electrons. The molecule has 17 heavy (non-hydrogen) atoms. The highest BCUT2D eigenvalue weighted by Gasteiger charge is 2.20. The number of halogens is 1. The van der Waals surface area contributed by atoms with E-state index in [0.29, 0.717) is 11.8 Å². The van der Waals surface area contributed by atoms with Crippen molar-refractivity contribution in [3.8, 4) is 0 Å². The van der Waals surface area contributed by atoms with Gasteiger partial charge < -0.3 is 4.74 Å². The largest absolute Gasteiger partial charge is 0.381 e. The number of aromatic nitrogens is 2. The van der Waals surface area contributed by atoms with Crippen LogP contribution in [0.4, 0.5) is 0 Å². The molecule has 0 N–H and O–H groups in total. The maximum absolute atomic E-state index is 6.05. The van der Waals surface area contributed by atoms with Gasteiger partial charge in [-0.2, -0.15) is 5.10 Å². The molecular formula is C13H21ClN2O. The highest BCUT2D eigenvalue weighted by Crippen LogP contribution is 2.22. The van der Waals surface area contributed by atoms with E-state index in [0.717, 1.165) is 44.7 Å². The normalized spacial score (nSPS) is 20.1. The van der Waals surface area contributed by atoms with E-state index in [2.05, 4.69) is 18.5 Å². The molecule has 0 aliphatic carbocycles. The summed E-state index contributed by atoms with van der Waals surface area (Å²) in [6.45, 7) is 7.07. The fraction of sp³-hybridized carbons (Fsp3) is 0.769. The summed E-state index contributed by atoms with van der Waals surface area (Å²) in [6, 6.07) is 0. The highest BCUT2D eigenvalue weighted by molar-refractivity contribution is 6.17. The molecule has 0 amide bonds. The van der Waals surface area contributed by atoms with E-state index in [9.17, 15) is 0 Å². The Hall–Kier alpha value is -0.540. The summed E-state index contributed by atoms with van der Waals surface area (Å²) in [7, 11) is 0. The molecule has 0 bridgehead atoms. The van der Waals surface area contributed by atoms with Crippen LogP contribution in [0.2, 0.25) is 0 Å². The molecule has 1 aliphatic rings.